The summed E-state index contributed by atoms with van der Waals surface area (Å²) < 4.78 is 34.9. The molecule has 1 atom stereocenters. The Hall–Kier alpha value is -2.05. The van der Waals surface area contributed by atoms with E-state index >= 15 is 0 Å². The van der Waals surface area contributed by atoms with Crippen molar-refractivity contribution in [3.63, 3.8) is 0 Å². The molecule has 2 aromatic rings. The number of hydrogen-bond donors (Lipinski definition) is 1. The molecule has 3 rings (SSSR count). The van der Waals surface area contributed by atoms with Crippen molar-refractivity contribution in [2.75, 3.05) is 20.2 Å². The third-order valence-electron chi connectivity index (χ3n) is 5.75. The number of hydrogen-bond acceptors (Lipinski definition) is 3. The SMILES string of the molecule is CNCC(CO[C@H]1CC[C@@H](c2ccccc2)CC1)n1cc(C(C)(F)F)ccc1=O. The first kappa shape index (κ1) is 21.7. The van der Waals surface area contributed by atoms with Gasteiger partial charge in [0.1, 0.15) is 0 Å². The van der Waals surface area contributed by atoms with Crippen molar-refractivity contribution < 1.29 is 13.5 Å². The molecule has 1 heterocycles. The number of halogens is 2. The quantitative estimate of drug-likeness (QED) is 0.706. The van der Waals surface area contributed by atoms with Crippen LogP contribution in [0.5, 0.6) is 0 Å². The highest BCUT2D eigenvalue weighted by atomic mass is 19.3. The summed E-state index contributed by atoms with van der Waals surface area (Å²) in [5.74, 6) is -2.42. The summed E-state index contributed by atoms with van der Waals surface area (Å²) in [6, 6.07) is 12.6. The number of rotatable bonds is 8. The van der Waals surface area contributed by atoms with Crippen molar-refractivity contribution in [3.05, 3.63) is 70.1 Å². The van der Waals surface area contributed by atoms with E-state index in [1.807, 2.05) is 6.07 Å². The molecule has 158 valence electrons. The number of ether oxygens (including phenoxy) is 1. The van der Waals surface area contributed by atoms with Crippen LogP contribution in [0.1, 0.15) is 55.7 Å². The Balaban J connectivity index is 1.62. The number of benzene rings is 1. The van der Waals surface area contributed by atoms with E-state index in [1.165, 1.54) is 28.5 Å². The lowest BCUT2D eigenvalue weighted by Gasteiger charge is -2.30. The lowest BCUT2D eigenvalue weighted by atomic mass is 9.83. The Morgan fingerprint density at radius 2 is 1.83 bits per heavy atom. The van der Waals surface area contributed by atoms with E-state index in [0.29, 0.717) is 19.1 Å². The molecule has 1 aromatic carbocycles. The average Bonchev–Trinajstić information content (AvgIpc) is 2.72. The molecule has 1 saturated carbocycles. The molecule has 4 nitrogen and oxygen atoms in total. The van der Waals surface area contributed by atoms with Crippen molar-refractivity contribution in [2.45, 2.75) is 56.6 Å². The molecule has 0 spiro atoms. The van der Waals surface area contributed by atoms with Gasteiger partial charge in [-0.25, -0.2) is 8.78 Å². The van der Waals surface area contributed by atoms with Gasteiger partial charge in [0.25, 0.3) is 11.5 Å². The van der Waals surface area contributed by atoms with Crippen LogP contribution in [-0.2, 0) is 10.7 Å². The normalized spacial score (nSPS) is 21.1. The van der Waals surface area contributed by atoms with Crippen molar-refractivity contribution in [2.24, 2.45) is 0 Å². The summed E-state index contributed by atoms with van der Waals surface area (Å²) in [4.78, 5) is 12.3. The van der Waals surface area contributed by atoms with Crippen LogP contribution in [0.3, 0.4) is 0 Å². The average molecular weight is 405 g/mol. The molecule has 1 fully saturated rings. The monoisotopic (exact) mass is 404 g/mol. The predicted molar refractivity (Wildman–Crippen MR) is 111 cm³/mol. The number of pyridine rings is 1. The maximum atomic E-state index is 13.7. The first-order valence-electron chi connectivity index (χ1n) is 10.3. The summed E-state index contributed by atoms with van der Waals surface area (Å²) in [6.07, 6.45) is 5.48. The van der Waals surface area contributed by atoms with Gasteiger partial charge in [-0.15, -0.1) is 0 Å². The zero-order valence-corrected chi connectivity index (χ0v) is 17.1. The van der Waals surface area contributed by atoms with E-state index in [4.69, 9.17) is 4.74 Å². The first-order valence-corrected chi connectivity index (χ1v) is 10.3. The van der Waals surface area contributed by atoms with Gasteiger partial charge in [0, 0.05) is 31.3 Å². The first-order chi connectivity index (χ1) is 13.9. The lowest BCUT2D eigenvalue weighted by molar-refractivity contribution is 0.00465. The summed E-state index contributed by atoms with van der Waals surface area (Å²) in [6.45, 7) is 1.63. The standard InChI is InChI=1S/C23H30F2N2O2/c1-23(24,25)19-10-13-22(28)27(15-19)20(14-26-2)16-29-21-11-8-18(9-12-21)17-6-4-3-5-7-17/h3-7,10,13,15,18,20-21,26H,8-9,11-12,14,16H2,1-2H3/t18-,20?,21+. The van der Waals surface area contributed by atoms with Gasteiger partial charge >= 0.3 is 0 Å². The van der Waals surface area contributed by atoms with E-state index in [9.17, 15) is 13.6 Å². The van der Waals surface area contributed by atoms with Gasteiger partial charge in [-0.1, -0.05) is 30.3 Å². The Bertz CT molecular complexity index is 825. The third-order valence-corrected chi connectivity index (χ3v) is 5.75. The predicted octanol–water partition coefficient (Wildman–Crippen LogP) is 4.46. The van der Waals surface area contributed by atoms with Crippen LogP contribution in [-0.4, -0.2) is 30.9 Å². The van der Waals surface area contributed by atoms with Crippen LogP contribution in [0.15, 0.2) is 53.5 Å². The molecule has 1 N–H and O–H groups in total. The fourth-order valence-electron chi connectivity index (χ4n) is 4.06. The van der Waals surface area contributed by atoms with Crippen molar-refractivity contribution in [1.29, 1.82) is 0 Å². The fourth-order valence-corrected chi connectivity index (χ4v) is 4.06. The molecule has 1 aliphatic carbocycles. The van der Waals surface area contributed by atoms with Gasteiger partial charge in [-0.2, -0.15) is 0 Å². The minimum absolute atomic E-state index is 0.140. The second-order valence-electron chi connectivity index (χ2n) is 7.98. The van der Waals surface area contributed by atoms with Crippen LogP contribution < -0.4 is 10.9 Å². The summed E-state index contributed by atoms with van der Waals surface area (Å²) in [7, 11) is 1.78. The maximum absolute atomic E-state index is 13.7. The molecule has 29 heavy (non-hydrogen) atoms. The van der Waals surface area contributed by atoms with Crippen LogP contribution >= 0.6 is 0 Å². The number of alkyl halides is 2. The van der Waals surface area contributed by atoms with Crippen LogP contribution in [0.2, 0.25) is 0 Å². The number of nitrogens with zero attached hydrogens (tertiary/aromatic N) is 1. The van der Waals surface area contributed by atoms with Crippen molar-refractivity contribution in [3.8, 4) is 0 Å². The molecular formula is C23H30F2N2O2. The number of likely N-dealkylation sites (N-methyl/N-ethyl adjacent to an activating group) is 1. The highest BCUT2D eigenvalue weighted by Gasteiger charge is 2.27. The summed E-state index contributed by atoms with van der Waals surface area (Å²) in [5.41, 5.74) is 0.916. The Kier molecular flexibility index (Phi) is 7.19. The van der Waals surface area contributed by atoms with E-state index in [1.54, 1.807) is 7.05 Å². The van der Waals surface area contributed by atoms with Crippen LogP contribution in [0.25, 0.3) is 0 Å². The van der Waals surface area contributed by atoms with E-state index in [0.717, 1.165) is 32.6 Å². The molecule has 0 amide bonds. The lowest BCUT2D eigenvalue weighted by Crippen LogP contribution is -2.35. The van der Waals surface area contributed by atoms with Crippen molar-refractivity contribution >= 4 is 0 Å². The van der Waals surface area contributed by atoms with Gasteiger partial charge in [0.15, 0.2) is 0 Å². The second-order valence-corrected chi connectivity index (χ2v) is 7.98. The highest BCUT2D eigenvalue weighted by Crippen LogP contribution is 2.34. The van der Waals surface area contributed by atoms with E-state index in [2.05, 4.69) is 29.6 Å². The van der Waals surface area contributed by atoms with Crippen LogP contribution in [0, 0.1) is 0 Å². The second kappa shape index (κ2) is 9.63. The fraction of sp³-hybridized carbons (Fsp3) is 0.522. The van der Waals surface area contributed by atoms with E-state index in [-0.39, 0.29) is 23.3 Å². The van der Waals surface area contributed by atoms with Gasteiger partial charge in [-0.05, 0) is 50.3 Å². The largest absolute Gasteiger partial charge is 0.376 e. The van der Waals surface area contributed by atoms with Gasteiger partial charge < -0.3 is 14.6 Å². The molecular weight excluding hydrogens is 374 g/mol. The van der Waals surface area contributed by atoms with Crippen LogP contribution in [0.4, 0.5) is 8.78 Å². The van der Waals surface area contributed by atoms with Gasteiger partial charge in [0.05, 0.1) is 18.8 Å². The minimum atomic E-state index is -2.99. The molecule has 1 aliphatic rings. The minimum Gasteiger partial charge on any atom is -0.376 e. The topological polar surface area (TPSA) is 43.3 Å². The smallest absolute Gasteiger partial charge is 0.271 e. The highest BCUT2D eigenvalue weighted by molar-refractivity contribution is 5.20. The number of aromatic nitrogens is 1. The summed E-state index contributed by atoms with van der Waals surface area (Å²) >= 11 is 0. The third kappa shape index (κ3) is 5.73. The molecule has 0 saturated heterocycles. The Morgan fingerprint density at radius 3 is 2.45 bits per heavy atom. The molecule has 1 unspecified atom stereocenters. The summed E-state index contributed by atoms with van der Waals surface area (Å²) in [5, 5.41) is 3.04. The zero-order valence-electron chi connectivity index (χ0n) is 17.1. The zero-order chi connectivity index (χ0) is 20.9. The Labute approximate surface area is 170 Å². The number of nitrogens with one attached hydrogen (secondary N) is 1. The van der Waals surface area contributed by atoms with Gasteiger partial charge in [0.2, 0.25) is 0 Å². The molecule has 0 aliphatic heterocycles. The molecule has 0 bridgehead atoms. The van der Waals surface area contributed by atoms with Crippen molar-refractivity contribution in [1.82, 2.24) is 9.88 Å². The van der Waals surface area contributed by atoms with E-state index < -0.39 is 5.92 Å². The van der Waals surface area contributed by atoms with Gasteiger partial charge in [-0.3, -0.25) is 4.79 Å². The molecule has 1 aromatic heterocycles. The Morgan fingerprint density at radius 1 is 1.14 bits per heavy atom. The molecule has 6 heteroatoms. The molecule has 0 radical (unpaired) electrons. The maximum Gasteiger partial charge on any atom is 0.271 e.